The van der Waals surface area contributed by atoms with Gasteiger partial charge in [-0.1, -0.05) is 0 Å². The maximum absolute atomic E-state index is 11.4. The number of hydrogen-bond acceptors (Lipinski definition) is 17. The summed E-state index contributed by atoms with van der Waals surface area (Å²) >= 11 is 0. The summed E-state index contributed by atoms with van der Waals surface area (Å²) in [6, 6.07) is -1.70. The third-order valence-corrected chi connectivity index (χ3v) is 3.91. The van der Waals surface area contributed by atoms with Gasteiger partial charge in [0.05, 0.1) is 31.6 Å². The Bertz CT molecular complexity index is 666. The molecule has 0 amide bonds. The van der Waals surface area contributed by atoms with Crippen LogP contribution in [0.15, 0.2) is 0 Å². The summed E-state index contributed by atoms with van der Waals surface area (Å²) in [7, 11) is 0. The molecule has 0 saturated heterocycles. The predicted octanol–water partition coefficient (Wildman–Crippen LogP) is -10.7. The van der Waals surface area contributed by atoms with Gasteiger partial charge in [0.15, 0.2) is 6.10 Å². The molecule has 0 radical (unpaired) electrons. The number of esters is 1. The predicted molar refractivity (Wildman–Crippen MR) is 102 cm³/mol. The van der Waals surface area contributed by atoms with E-state index in [-0.39, 0.29) is 23.1 Å². The molecule has 19 heteroatoms. The molecule has 18 nitrogen and oxygen atoms in total. The zero-order chi connectivity index (χ0) is 27.3. The SMILES string of the molecule is N[C@@H](CC(=O)O)C(=O)O[C@@H](C(=O)[O-])[C@@H](O)[C@H](O)[C@H](O)CO.O=C([O-])[C@H](O)[C@@H](O)[C@H](O)[C@H](O)CO.[Mg+2]. The van der Waals surface area contributed by atoms with E-state index in [4.69, 9.17) is 46.6 Å². The molecule has 35 heavy (non-hydrogen) atoms. The third-order valence-electron chi connectivity index (χ3n) is 3.91. The van der Waals surface area contributed by atoms with Crippen molar-refractivity contribution in [1.82, 2.24) is 0 Å². The van der Waals surface area contributed by atoms with Gasteiger partial charge in [0.25, 0.3) is 0 Å². The number of rotatable bonds is 14. The number of nitrogens with two attached hydrogens (primary N) is 1. The Balaban J connectivity index is -0.000000632. The van der Waals surface area contributed by atoms with E-state index in [9.17, 15) is 39.6 Å². The quantitative estimate of drug-likeness (QED) is 0.0733. The van der Waals surface area contributed by atoms with Crippen molar-refractivity contribution >= 4 is 46.9 Å². The maximum atomic E-state index is 11.4. The average Bonchev–Trinajstić information content (AvgIpc) is 2.78. The topological polar surface area (TPSA) is 352 Å². The second kappa shape index (κ2) is 18.5. The minimum absolute atomic E-state index is 0. The normalized spacial score (nSPS) is 18.5. The number of aliphatic hydroxyl groups excluding tert-OH is 9. The van der Waals surface area contributed by atoms with Crippen LogP contribution in [0.4, 0.5) is 0 Å². The zero-order valence-corrected chi connectivity index (χ0v) is 19.3. The summed E-state index contributed by atoms with van der Waals surface area (Å²) in [5.74, 6) is -6.99. The molecule has 0 fully saturated rings. The van der Waals surface area contributed by atoms with Crippen LogP contribution in [0.5, 0.6) is 0 Å². The first-order chi connectivity index (χ1) is 15.5. The second-order valence-electron chi connectivity index (χ2n) is 6.61. The van der Waals surface area contributed by atoms with Gasteiger partial charge < -0.3 is 81.3 Å². The Morgan fingerprint density at radius 2 is 1.14 bits per heavy atom. The van der Waals surface area contributed by atoms with Crippen molar-refractivity contribution < 1.29 is 85.2 Å². The zero-order valence-electron chi connectivity index (χ0n) is 17.9. The van der Waals surface area contributed by atoms with E-state index in [0.717, 1.165) is 0 Å². The summed E-state index contributed by atoms with van der Waals surface area (Å²) in [5, 5.41) is 109. The smallest absolute Gasteiger partial charge is 0.547 e. The van der Waals surface area contributed by atoms with Crippen molar-refractivity contribution in [2.24, 2.45) is 5.73 Å². The van der Waals surface area contributed by atoms with E-state index in [1.807, 2.05) is 0 Å². The van der Waals surface area contributed by atoms with Gasteiger partial charge in [-0.15, -0.1) is 0 Å². The number of aliphatic carboxylic acids is 3. The molecule has 0 aliphatic heterocycles. The van der Waals surface area contributed by atoms with E-state index in [1.54, 1.807) is 0 Å². The van der Waals surface area contributed by atoms with Gasteiger partial charge in [0.2, 0.25) is 0 Å². The van der Waals surface area contributed by atoms with Crippen LogP contribution in [0.1, 0.15) is 6.42 Å². The number of carboxylic acids is 3. The third kappa shape index (κ3) is 13.8. The summed E-state index contributed by atoms with van der Waals surface area (Å²) < 4.78 is 4.26. The largest absolute Gasteiger partial charge is 2.00 e. The van der Waals surface area contributed by atoms with Crippen LogP contribution in [0.3, 0.4) is 0 Å². The minimum Gasteiger partial charge on any atom is -0.547 e. The Labute approximate surface area is 212 Å². The second-order valence-corrected chi connectivity index (χ2v) is 6.61. The first-order valence-electron chi connectivity index (χ1n) is 9.11. The standard InChI is InChI=1S/C10H17NO10.C6H12O7.Mg/c11-3(1-5(14)15)10(20)21-8(9(18)19)7(17)6(16)4(13)2-12;7-1-2(8)3(9)4(10)5(11)6(12)13;/h3-4,6-8,12-13,16-17H,1-2,11H2,(H,14,15)(H,18,19);2-5,7-11H,1H2,(H,12,13);/q;;+2/p-2/t3-,4+,6+,7-,8+;2-,3-,4+,5-;/m01./s1. The van der Waals surface area contributed by atoms with Crippen molar-refractivity contribution in [1.29, 1.82) is 0 Å². The Hall–Kier alpha value is -1.75. The number of carbonyl (C=O) groups is 4. The number of carbonyl (C=O) groups excluding carboxylic acids is 3. The minimum atomic E-state index is -2.41. The molecule has 200 valence electrons. The Morgan fingerprint density at radius 1 is 0.743 bits per heavy atom. The van der Waals surface area contributed by atoms with Crippen molar-refractivity contribution in [2.75, 3.05) is 13.2 Å². The number of carboxylic acid groups (broad SMARTS) is 3. The molecule has 0 aromatic carbocycles. The molecule has 0 aliphatic rings. The molecule has 0 aromatic heterocycles. The maximum Gasteiger partial charge on any atom is 2.00 e. The average molecular weight is 530 g/mol. The number of aliphatic hydroxyl groups is 9. The Morgan fingerprint density at radius 3 is 1.46 bits per heavy atom. The Kier molecular flexibility index (Phi) is 20.0. The molecule has 0 unspecified atom stereocenters. The van der Waals surface area contributed by atoms with Gasteiger partial charge in [-0.25, -0.2) is 0 Å². The number of hydrogen-bond donors (Lipinski definition) is 11. The van der Waals surface area contributed by atoms with Crippen LogP contribution < -0.4 is 15.9 Å². The summed E-state index contributed by atoms with van der Waals surface area (Å²) in [4.78, 5) is 42.4. The molecule has 0 spiro atoms. The van der Waals surface area contributed by atoms with Gasteiger partial charge >= 0.3 is 35.0 Å². The van der Waals surface area contributed by atoms with Crippen molar-refractivity contribution in [3.63, 3.8) is 0 Å². The molecule has 0 bridgehead atoms. The van der Waals surface area contributed by atoms with Gasteiger partial charge in [-0.2, -0.15) is 0 Å². The van der Waals surface area contributed by atoms with E-state index in [0.29, 0.717) is 0 Å². The fourth-order valence-corrected chi connectivity index (χ4v) is 1.92. The van der Waals surface area contributed by atoms with Crippen molar-refractivity contribution in [3.8, 4) is 0 Å². The molecular weight excluding hydrogens is 502 g/mol. The van der Waals surface area contributed by atoms with E-state index < -0.39 is 98.4 Å². The molecule has 12 N–H and O–H groups in total. The summed E-state index contributed by atoms with van der Waals surface area (Å²) in [6.45, 7) is -1.86. The summed E-state index contributed by atoms with van der Waals surface area (Å²) in [6.07, 6.45) is -17.7. The molecule has 0 rings (SSSR count). The van der Waals surface area contributed by atoms with E-state index >= 15 is 0 Å². The fourth-order valence-electron chi connectivity index (χ4n) is 1.92. The number of ether oxygens (including phenoxy) is 1. The van der Waals surface area contributed by atoms with Crippen LogP contribution in [0, 0.1) is 0 Å². The van der Waals surface area contributed by atoms with Gasteiger partial charge in [-0.05, 0) is 0 Å². The van der Waals surface area contributed by atoms with Crippen LogP contribution in [0.25, 0.3) is 0 Å². The molecular formula is C16H27MgNO17. The van der Waals surface area contributed by atoms with Crippen LogP contribution >= 0.6 is 0 Å². The van der Waals surface area contributed by atoms with Crippen molar-refractivity contribution in [2.45, 2.75) is 61.3 Å². The fraction of sp³-hybridized carbons (Fsp3) is 0.750. The molecule has 0 heterocycles. The van der Waals surface area contributed by atoms with Gasteiger partial charge in [0.1, 0.15) is 48.8 Å². The molecule has 0 saturated carbocycles. The van der Waals surface area contributed by atoms with Gasteiger partial charge in [-0.3, -0.25) is 9.59 Å². The van der Waals surface area contributed by atoms with Crippen LogP contribution in [-0.2, 0) is 23.9 Å². The van der Waals surface area contributed by atoms with E-state index in [2.05, 4.69) is 4.74 Å². The van der Waals surface area contributed by atoms with E-state index in [1.165, 1.54) is 0 Å². The molecule has 0 aromatic rings. The van der Waals surface area contributed by atoms with Gasteiger partial charge in [0, 0.05) is 0 Å². The van der Waals surface area contributed by atoms with Crippen LogP contribution in [-0.4, -0.2) is 166 Å². The molecule has 9 atom stereocenters. The molecule has 0 aliphatic carbocycles. The van der Waals surface area contributed by atoms with Crippen molar-refractivity contribution in [3.05, 3.63) is 0 Å². The summed E-state index contributed by atoms with van der Waals surface area (Å²) in [5.41, 5.74) is 5.13. The first kappa shape index (κ1) is 37.8. The monoisotopic (exact) mass is 529 g/mol. The first-order valence-corrected chi connectivity index (χ1v) is 9.11. The van der Waals surface area contributed by atoms with Crippen LogP contribution in [0.2, 0.25) is 0 Å².